The van der Waals surface area contributed by atoms with Crippen LogP contribution in [0, 0.1) is 10.8 Å². The minimum atomic E-state index is -0.236. The van der Waals surface area contributed by atoms with Crippen molar-refractivity contribution in [3.8, 4) is 0 Å². The summed E-state index contributed by atoms with van der Waals surface area (Å²) in [6, 6.07) is 0. The van der Waals surface area contributed by atoms with Crippen molar-refractivity contribution in [2.75, 3.05) is 13.2 Å². The number of aliphatic hydroxyl groups is 2. The van der Waals surface area contributed by atoms with Crippen LogP contribution in [0.2, 0.25) is 0 Å². The average Bonchev–Trinajstić information content (AvgIpc) is 2.14. The van der Waals surface area contributed by atoms with Crippen LogP contribution >= 0.6 is 0 Å². The third-order valence-electron chi connectivity index (χ3n) is 3.09. The predicted octanol–water partition coefficient (Wildman–Crippen LogP) is 2.97. The second kappa shape index (κ2) is 6.49. The van der Waals surface area contributed by atoms with Gasteiger partial charge in [-0.05, 0) is 24.7 Å². The fraction of sp³-hybridized carbons (Fsp3) is 1.00. The molecule has 0 radical (unpaired) electrons. The zero-order valence-electron chi connectivity index (χ0n) is 10.8. The maximum Gasteiger partial charge on any atom is 0.0509 e. The highest BCUT2D eigenvalue weighted by Gasteiger charge is 2.27. The molecular formula is C13H28O2. The quantitative estimate of drug-likeness (QED) is 0.687. The first-order chi connectivity index (χ1) is 6.89. The summed E-state index contributed by atoms with van der Waals surface area (Å²) in [5, 5.41) is 18.8. The molecule has 0 atom stereocenters. The van der Waals surface area contributed by atoms with Gasteiger partial charge >= 0.3 is 0 Å². The van der Waals surface area contributed by atoms with Crippen molar-refractivity contribution < 1.29 is 10.2 Å². The van der Waals surface area contributed by atoms with E-state index in [0.717, 1.165) is 32.1 Å². The van der Waals surface area contributed by atoms with Crippen LogP contribution in [0.5, 0.6) is 0 Å². The third kappa shape index (κ3) is 6.16. The van der Waals surface area contributed by atoms with E-state index in [2.05, 4.69) is 27.7 Å². The summed E-state index contributed by atoms with van der Waals surface area (Å²) in [7, 11) is 0. The summed E-state index contributed by atoms with van der Waals surface area (Å²) in [4.78, 5) is 0. The van der Waals surface area contributed by atoms with Crippen LogP contribution in [0.4, 0.5) is 0 Å². The summed E-state index contributed by atoms with van der Waals surface area (Å²) >= 11 is 0. The third-order valence-corrected chi connectivity index (χ3v) is 3.09. The Kier molecular flexibility index (Phi) is 6.46. The molecule has 2 N–H and O–H groups in total. The Bertz CT molecular complexity index is 154. The van der Waals surface area contributed by atoms with E-state index in [4.69, 9.17) is 0 Å². The van der Waals surface area contributed by atoms with Gasteiger partial charge in [0.1, 0.15) is 0 Å². The molecule has 0 aromatic heterocycles. The van der Waals surface area contributed by atoms with Gasteiger partial charge in [0.15, 0.2) is 0 Å². The Hall–Kier alpha value is -0.0800. The highest BCUT2D eigenvalue weighted by molar-refractivity contribution is 4.78. The van der Waals surface area contributed by atoms with E-state index >= 15 is 0 Å². The smallest absolute Gasteiger partial charge is 0.0509 e. The zero-order valence-corrected chi connectivity index (χ0v) is 10.8. The van der Waals surface area contributed by atoms with Gasteiger partial charge in [-0.2, -0.15) is 0 Å². The lowest BCUT2D eigenvalue weighted by molar-refractivity contribution is 0.0350. The summed E-state index contributed by atoms with van der Waals surface area (Å²) in [5.74, 6) is 0. The van der Waals surface area contributed by atoms with Crippen LogP contribution in [0.25, 0.3) is 0 Å². The molecule has 0 unspecified atom stereocenters. The molecule has 0 rings (SSSR count). The van der Waals surface area contributed by atoms with E-state index in [1.165, 1.54) is 0 Å². The van der Waals surface area contributed by atoms with E-state index in [-0.39, 0.29) is 18.6 Å². The zero-order chi connectivity index (χ0) is 11.9. The maximum atomic E-state index is 9.38. The molecule has 0 aliphatic heterocycles. The van der Waals surface area contributed by atoms with Crippen LogP contribution in [-0.2, 0) is 0 Å². The van der Waals surface area contributed by atoms with Crippen molar-refractivity contribution in [3.63, 3.8) is 0 Å². The second-order valence-electron chi connectivity index (χ2n) is 5.98. The number of hydrogen-bond donors (Lipinski definition) is 2. The molecule has 0 saturated heterocycles. The minimum absolute atomic E-state index is 0.113. The van der Waals surface area contributed by atoms with Gasteiger partial charge in [-0.3, -0.25) is 0 Å². The van der Waals surface area contributed by atoms with E-state index in [9.17, 15) is 10.2 Å². The van der Waals surface area contributed by atoms with Crippen LogP contribution < -0.4 is 0 Å². The SMILES string of the molecule is CCCC(CO)(CO)CCCC(C)(C)C. The monoisotopic (exact) mass is 216 g/mol. The molecule has 0 fully saturated rings. The molecule has 2 nitrogen and oxygen atoms in total. The lowest BCUT2D eigenvalue weighted by atomic mass is 9.78. The molecule has 0 bridgehead atoms. The largest absolute Gasteiger partial charge is 0.396 e. The first-order valence-corrected chi connectivity index (χ1v) is 6.11. The molecule has 0 aliphatic carbocycles. The maximum absolute atomic E-state index is 9.38. The van der Waals surface area contributed by atoms with Crippen molar-refractivity contribution in [3.05, 3.63) is 0 Å². The Labute approximate surface area is 94.7 Å². The molecule has 92 valence electrons. The Balaban J connectivity index is 4.06. The van der Waals surface area contributed by atoms with Gasteiger partial charge in [0.2, 0.25) is 0 Å². The molecule has 2 heteroatoms. The van der Waals surface area contributed by atoms with Gasteiger partial charge in [-0.1, -0.05) is 40.5 Å². The number of hydrogen-bond acceptors (Lipinski definition) is 2. The predicted molar refractivity (Wildman–Crippen MR) is 64.8 cm³/mol. The van der Waals surface area contributed by atoms with Gasteiger partial charge < -0.3 is 10.2 Å². The average molecular weight is 216 g/mol. The Morgan fingerprint density at radius 2 is 1.40 bits per heavy atom. The van der Waals surface area contributed by atoms with Gasteiger partial charge in [0.05, 0.1) is 13.2 Å². The summed E-state index contributed by atoms with van der Waals surface area (Å²) < 4.78 is 0. The highest BCUT2D eigenvalue weighted by atomic mass is 16.3. The first kappa shape index (κ1) is 14.9. The second-order valence-corrected chi connectivity index (χ2v) is 5.98. The van der Waals surface area contributed by atoms with Crippen molar-refractivity contribution >= 4 is 0 Å². The molecular weight excluding hydrogens is 188 g/mol. The van der Waals surface area contributed by atoms with E-state index in [1.807, 2.05) is 0 Å². The van der Waals surface area contributed by atoms with Crippen LogP contribution in [0.1, 0.15) is 59.8 Å². The van der Waals surface area contributed by atoms with Crippen molar-refractivity contribution in [2.45, 2.75) is 59.8 Å². The summed E-state index contributed by atoms with van der Waals surface area (Å²) in [6.07, 6.45) is 5.12. The standard InChI is InChI=1S/C13H28O2/c1-5-7-13(10-14,11-15)9-6-8-12(2,3)4/h14-15H,5-11H2,1-4H3. The van der Waals surface area contributed by atoms with E-state index in [1.54, 1.807) is 0 Å². The molecule has 0 amide bonds. The topological polar surface area (TPSA) is 40.5 Å². The molecule has 0 spiro atoms. The lowest BCUT2D eigenvalue weighted by Gasteiger charge is -2.30. The van der Waals surface area contributed by atoms with Gasteiger partial charge in [0, 0.05) is 5.41 Å². The van der Waals surface area contributed by atoms with Crippen molar-refractivity contribution in [1.82, 2.24) is 0 Å². The molecule has 0 aromatic rings. The lowest BCUT2D eigenvalue weighted by Crippen LogP contribution is -2.30. The van der Waals surface area contributed by atoms with E-state index in [0.29, 0.717) is 5.41 Å². The van der Waals surface area contributed by atoms with Gasteiger partial charge in [-0.15, -0.1) is 0 Å². The molecule has 0 aromatic carbocycles. The van der Waals surface area contributed by atoms with Gasteiger partial charge in [0.25, 0.3) is 0 Å². The number of rotatable bonds is 7. The van der Waals surface area contributed by atoms with Crippen LogP contribution in [0.15, 0.2) is 0 Å². The van der Waals surface area contributed by atoms with E-state index < -0.39 is 0 Å². The molecule has 0 saturated carbocycles. The Morgan fingerprint density at radius 1 is 0.867 bits per heavy atom. The summed E-state index contributed by atoms with van der Waals surface area (Å²) in [5.41, 5.74) is 0.114. The van der Waals surface area contributed by atoms with Crippen molar-refractivity contribution in [2.24, 2.45) is 10.8 Å². The molecule has 0 heterocycles. The van der Waals surface area contributed by atoms with Crippen LogP contribution in [0.3, 0.4) is 0 Å². The van der Waals surface area contributed by atoms with Crippen LogP contribution in [-0.4, -0.2) is 23.4 Å². The fourth-order valence-corrected chi connectivity index (χ4v) is 2.02. The Morgan fingerprint density at radius 3 is 1.73 bits per heavy atom. The van der Waals surface area contributed by atoms with Crippen molar-refractivity contribution in [1.29, 1.82) is 0 Å². The minimum Gasteiger partial charge on any atom is -0.396 e. The molecule has 0 aliphatic rings. The fourth-order valence-electron chi connectivity index (χ4n) is 2.02. The van der Waals surface area contributed by atoms with Gasteiger partial charge in [-0.25, -0.2) is 0 Å². The number of aliphatic hydroxyl groups excluding tert-OH is 2. The highest BCUT2D eigenvalue weighted by Crippen LogP contribution is 2.32. The summed E-state index contributed by atoms with van der Waals surface area (Å²) in [6.45, 7) is 9.01. The normalized spacial score (nSPS) is 13.2. The molecule has 15 heavy (non-hydrogen) atoms. The first-order valence-electron chi connectivity index (χ1n) is 6.11.